The summed E-state index contributed by atoms with van der Waals surface area (Å²) in [5.74, 6) is 0. The van der Waals surface area contributed by atoms with Gasteiger partial charge >= 0.3 is 0 Å². The molecule has 0 rings (SSSR count). The lowest BCUT2D eigenvalue weighted by atomic mass is 9.99. The molecule has 0 amide bonds. The molecule has 0 aromatic rings. The highest BCUT2D eigenvalue weighted by atomic mass is 14.0. The van der Waals surface area contributed by atoms with Crippen LogP contribution in [0.4, 0.5) is 0 Å². The predicted octanol–water partition coefficient (Wildman–Crippen LogP) is 4.42. The zero-order valence-electron chi connectivity index (χ0n) is 9.44. The fraction of sp³-hybridized carbons (Fsp3) is 0.385. The molecule has 0 saturated heterocycles. The van der Waals surface area contributed by atoms with Crippen LogP contribution in [0.5, 0.6) is 0 Å². The molecule has 0 N–H and O–H groups in total. The minimum Gasteiger partial charge on any atom is -0.0955 e. The van der Waals surface area contributed by atoms with Crippen molar-refractivity contribution in [3.63, 3.8) is 0 Å². The first-order valence-electron chi connectivity index (χ1n) is 4.66. The van der Waals surface area contributed by atoms with Gasteiger partial charge < -0.3 is 0 Å². The van der Waals surface area contributed by atoms with Gasteiger partial charge in [-0.1, -0.05) is 36.0 Å². The highest BCUT2D eigenvalue weighted by Crippen LogP contribution is 2.19. The quantitative estimate of drug-likeness (QED) is 0.558. The van der Waals surface area contributed by atoms with Crippen LogP contribution in [-0.2, 0) is 0 Å². The Morgan fingerprint density at radius 1 is 1.00 bits per heavy atom. The first-order chi connectivity index (χ1) is 6.02. The van der Waals surface area contributed by atoms with Crippen LogP contribution < -0.4 is 0 Å². The predicted molar refractivity (Wildman–Crippen MR) is 61.8 cm³/mol. The third kappa shape index (κ3) is 3.93. The third-order valence-corrected chi connectivity index (χ3v) is 2.14. The molecule has 72 valence electrons. The van der Waals surface area contributed by atoms with Crippen molar-refractivity contribution in [3.8, 4) is 0 Å². The summed E-state index contributed by atoms with van der Waals surface area (Å²) in [7, 11) is 0. The molecule has 0 heteroatoms. The summed E-state index contributed by atoms with van der Waals surface area (Å²) in [6, 6.07) is 0. The molecule has 0 aliphatic carbocycles. The highest BCUT2D eigenvalue weighted by Gasteiger charge is 1.99. The van der Waals surface area contributed by atoms with Crippen molar-refractivity contribution in [2.45, 2.75) is 34.6 Å². The van der Waals surface area contributed by atoms with Gasteiger partial charge in [0.05, 0.1) is 0 Å². The summed E-state index contributed by atoms with van der Waals surface area (Å²) in [6.45, 7) is 14.3. The average molecular weight is 176 g/mol. The van der Waals surface area contributed by atoms with Gasteiger partial charge in [0.15, 0.2) is 0 Å². The van der Waals surface area contributed by atoms with Crippen LogP contribution in [0.3, 0.4) is 0 Å². The van der Waals surface area contributed by atoms with E-state index >= 15 is 0 Å². The molecule has 0 unspecified atom stereocenters. The Kier molecular flexibility index (Phi) is 5.13. The molecule has 0 aliphatic heterocycles. The van der Waals surface area contributed by atoms with E-state index in [1.54, 1.807) is 0 Å². The van der Waals surface area contributed by atoms with Gasteiger partial charge in [-0.2, -0.15) is 0 Å². The van der Waals surface area contributed by atoms with Crippen LogP contribution >= 0.6 is 0 Å². The first-order valence-corrected chi connectivity index (χ1v) is 4.66. The molecule has 0 nitrogen and oxygen atoms in total. The Balaban J connectivity index is 5.04. The summed E-state index contributed by atoms with van der Waals surface area (Å²) in [6.07, 6.45) is 6.40. The van der Waals surface area contributed by atoms with Crippen LogP contribution in [0.2, 0.25) is 0 Å². The van der Waals surface area contributed by atoms with Crippen LogP contribution in [0, 0.1) is 0 Å². The lowest BCUT2D eigenvalue weighted by Crippen LogP contribution is -1.87. The van der Waals surface area contributed by atoms with E-state index < -0.39 is 0 Å². The summed E-state index contributed by atoms with van der Waals surface area (Å²) in [5, 5.41) is 0. The molecule has 0 atom stereocenters. The summed E-state index contributed by atoms with van der Waals surface area (Å²) < 4.78 is 0. The van der Waals surface area contributed by atoms with Crippen molar-refractivity contribution in [1.82, 2.24) is 0 Å². The van der Waals surface area contributed by atoms with Gasteiger partial charge in [0, 0.05) is 0 Å². The molecule has 0 fully saturated rings. The summed E-state index contributed by atoms with van der Waals surface area (Å²) >= 11 is 0. The molecular formula is C13H20. The Hall–Kier alpha value is -1.04. The normalized spacial score (nSPS) is 14.7. The fourth-order valence-electron chi connectivity index (χ4n) is 1.04. The van der Waals surface area contributed by atoms with E-state index in [0.29, 0.717) is 0 Å². The summed E-state index contributed by atoms with van der Waals surface area (Å²) in [5.41, 5.74) is 4.93. The number of hydrogen-bond acceptors (Lipinski definition) is 0. The Morgan fingerprint density at radius 2 is 1.54 bits per heavy atom. The van der Waals surface area contributed by atoms with Crippen LogP contribution in [0.15, 0.2) is 47.1 Å². The maximum atomic E-state index is 3.98. The van der Waals surface area contributed by atoms with Crippen molar-refractivity contribution in [2.75, 3.05) is 0 Å². The minimum atomic E-state index is 1.12. The molecule has 13 heavy (non-hydrogen) atoms. The van der Waals surface area contributed by atoms with Gasteiger partial charge in [0.25, 0.3) is 0 Å². The minimum absolute atomic E-state index is 1.12. The van der Waals surface area contributed by atoms with E-state index in [1.165, 1.54) is 16.7 Å². The Labute approximate surface area is 82.4 Å². The molecule has 0 heterocycles. The molecule has 0 aromatic carbocycles. The molecule has 0 aromatic heterocycles. The van der Waals surface area contributed by atoms with Crippen LogP contribution in [0.1, 0.15) is 34.6 Å². The SMILES string of the molecule is C=C(C)C(=C/C(C)=C\C)/C(C)=C\C. The summed E-state index contributed by atoms with van der Waals surface area (Å²) in [4.78, 5) is 0. The van der Waals surface area contributed by atoms with E-state index in [-0.39, 0.29) is 0 Å². The Bertz CT molecular complexity index is 272. The molecule has 0 saturated carbocycles. The monoisotopic (exact) mass is 176 g/mol. The van der Waals surface area contributed by atoms with Gasteiger partial charge in [0.1, 0.15) is 0 Å². The van der Waals surface area contributed by atoms with E-state index in [0.717, 1.165) is 5.57 Å². The fourth-order valence-corrected chi connectivity index (χ4v) is 1.04. The molecular weight excluding hydrogens is 156 g/mol. The van der Waals surface area contributed by atoms with Crippen molar-refractivity contribution < 1.29 is 0 Å². The average Bonchev–Trinajstić information content (AvgIpc) is 2.11. The van der Waals surface area contributed by atoms with Crippen LogP contribution in [-0.4, -0.2) is 0 Å². The standard InChI is InChI=1S/C13H20/c1-7-11(5)9-13(10(3)4)12(6)8-2/h7-9H,3H2,1-2,4-6H3/b11-7-,12-8-,13-9-. The third-order valence-electron chi connectivity index (χ3n) is 2.14. The van der Waals surface area contributed by atoms with Gasteiger partial charge in [-0.05, 0) is 45.8 Å². The maximum absolute atomic E-state index is 3.98. The van der Waals surface area contributed by atoms with Gasteiger partial charge in [-0.3, -0.25) is 0 Å². The maximum Gasteiger partial charge on any atom is -0.0205 e. The van der Waals surface area contributed by atoms with Crippen molar-refractivity contribution in [2.24, 2.45) is 0 Å². The molecule has 0 aliphatic rings. The molecule has 0 bridgehead atoms. The largest absolute Gasteiger partial charge is 0.0955 e. The zero-order chi connectivity index (χ0) is 10.4. The van der Waals surface area contributed by atoms with Gasteiger partial charge in [-0.15, -0.1) is 0 Å². The first kappa shape index (κ1) is 12.0. The van der Waals surface area contributed by atoms with E-state index in [2.05, 4.69) is 45.6 Å². The number of rotatable bonds is 3. The van der Waals surface area contributed by atoms with Crippen molar-refractivity contribution >= 4 is 0 Å². The van der Waals surface area contributed by atoms with Gasteiger partial charge in [-0.25, -0.2) is 0 Å². The second-order valence-corrected chi connectivity index (χ2v) is 3.34. The lowest BCUT2D eigenvalue weighted by molar-refractivity contribution is 1.29. The number of allylic oxidation sites excluding steroid dienone is 7. The van der Waals surface area contributed by atoms with E-state index in [4.69, 9.17) is 0 Å². The smallest absolute Gasteiger partial charge is 0.0205 e. The van der Waals surface area contributed by atoms with Crippen LogP contribution in [0.25, 0.3) is 0 Å². The Morgan fingerprint density at radius 3 is 1.85 bits per heavy atom. The lowest BCUT2D eigenvalue weighted by Gasteiger charge is -2.07. The molecule has 0 radical (unpaired) electrons. The van der Waals surface area contributed by atoms with E-state index in [9.17, 15) is 0 Å². The van der Waals surface area contributed by atoms with Crippen molar-refractivity contribution in [1.29, 1.82) is 0 Å². The topological polar surface area (TPSA) is 0 Å². The van der Waals surface area contributed by atoms with Gasteiger partial charge in [0.2, 0.25) is 0 Å². The zero-order valence-corrected chi connectivity index (χ0v) is 9.44. The van der Waals surface area contributed by atoms with E-state index in [1.807, 2.05) is 13.8 Å². The second kappa shape index (κ2) is 5.58. The molecule has 0 spiro atoms. The number of hydrogen-bond donors (Lipinski definition) is 0. The second-order valence-electron chi connectivity index (χ2n) is 3.34. The van der Waals surface area contributed by atoms with Crippen molar-refractivity contribution in [3.05, 3.63) is 47.1 Å². The highest BCUT2D eigenvalue weighted by molar-refractivity contribution is 5.46.